The molecule has 0 saturated heterocycles. The van der Waals surface area contributed by atoms with Crippen molar-refractivity contribution in [1.82, 2.24) is 0 Å². The first-order chi connectivity index (χ1) is 8.14. The van der Waals surface area contributed by atoms with Gasteiger partial charge in [0.1, 0.15) is 0 Å². The van der Waals surface area contributed by atoms with Gasteiger partial charge < -0.3 is 5.11 Å². The first kappa shape index (κ1) is 14.7. The summed E-state index contributed by atoms with van der Waals surface area (Å²) in [5.74, 6) is -2.15. The molecule has 7 heteroatoms. The van der Waals surface area contributed by atoms with Gasteiger partial charge in [0.25, 0.3) is 0 Å². The molecule has 0 aliphatic carbocycles. The largest absolute Gasteiger partial charge is 0.478 e. The predicted octanol–water partition coefficient (Wildman–Crippen LogP) is 3.37. The molecule has 0 aliphatic heterocycles. The van der Waals surface area contributed by atoms with Gasteiger partial charge in [-0.05, 0) is 25.1 Å². The number of Topliss-reactive ketones (excluding diaryl/α,β-unsaturated/α-hetero) is 1. The Morgan fingerprint density at radius 3 is 2.22 bits per heavy atom. The van der Waals surface area contributed by atoms with E-state index in [9.17, 15) is 22.8 Å². The molecule has 1 aromatic carbocycles. The molecule has 0 fully saturated rings. The van der Waals surface area contributed by atoms with E-state index in [0.29, 0.717) is 12.1 Å². The number of carboxylic acids is 1. The summed E-state index contributed by atoms with van der Waals surface area (Å²) < 4.78 is 37.3. The van der Waals surface area contributed by atoms with Crippen LogP contribution < -0.4 is 0 Å². The Morgan fingerprint density at radius 1 is 1.28 bits per heavy atom. The van der Waals surface area contributed by atoms with Crippen LogP contribution in [0.25, 0.3) is 0 Å². The van der Waals surface area contributed by atoms with Crippen molar-refractivity contribution in [3.8, 4) is 0 Å². The molecule has 0 spiro atoms. The summed E-state index contributed by atoms with van der Waals surface area (Å²) in [6, 6.07) is 2.03. The summed E-state index contributed by atoms with van der Waals surface area (Å²) in [6.07, 6.45) is -4.65. The fourth-order valence-corrected chi connectivity index (χ4v) is 1.57. The molecule has 1 unspecified atom stereocenters. The van der Waals surface area contributed by atoms with Gasteiger partial charge in [0.05, 0.1) is 16.0 Å². The number of alkyl halides is 4. The molecular weight excluding hydrogens is 317 g/mol. The molecule has 18 heavy (non-hydrogen) atoms. The van der Waals surface area contributed by atoms with Crippen LogP contribution in [-0.2, 0) is 6.18 Å². The van der Waals surface area contributed by atoms with Gasteiger partial charge in [0.15, 0.2) is 5.78 Å². The van der Waals surface area contributed by atoms with Crippen molar-refractivity contribution in [3.05, 3.63) is 34.9 Å². The number of ketones is 1. The Balaban J connectivity index is 3.39. The van der Waals surface area contributed by atoms with E-state index in [-0.39, 0.29) is 5.56 Å². The van der Waals surface area contributed by atoms with Crippen molar-refractivity contribution < 1.29 is 27.9 Å². The minimum Gasteiger partial charge on any atom is -0.478 e. The van der Waals surface area contributed by atoms with Crippen molar-refractivity contribution in [2.75, 3.05) is 0 Å². The average Bonchev–Trinajstić information content (AvgIpc) is 2.25. The van der Waals surface area contributed by atoms with Gasteiger partial charge in [-0.15, -0.1) is 0 Å². The third kappa shape index (κ3) is 3.10. The quantitative estimate of drug-likeness (QED) is 0.685. The SMILES string of the molecule is CC(Br)C(=O)c1ccc(C(F)(F)F)cc1C(=O)O. The third-order valence-corrected chi connectivity index (χ3v) is 2.62. The molecule has 98 valence electrons. The molecule has 0 bridgehead atoms. The smallest absolute Gasteiger partial charge is 0.416 e. The number of halogens is 4. The number of aromatic carboxylic acids is 1. The lowest BCUT2D eigenvalue weighted by molar-refractivity contribution is -0.137. The van der Waals surface area contributed by atoms with E-state index in [2.05, 4.69) is 15.9 Å². The molecule has 0 radical (unpaired) electrons. The van der Waals surface area contributed by atoms with Crippen molar-refractivity contribution in [2.24, 2.45) is 0 Å². The Hall–Kier alpha value is -1.37. The molecule has 0 amide bonds. The fourth-order valence-electron chi connectivity index (χ4n) is 1.33. The van der Waals surface area contributed by atoms with Gasteiger partial charge >= 0.3 is 12.1 Å². The zero-order valence-electron chi connectivity index (χ0n) is 9.08. The predicted molar refractivity (Wildman–Crippen MR) is 61.1 cm³/mol. The van der Waals surface area contributed by atoms with Gasteiger partial charge in [0, 0.05) is 5.56 Å². The van der Waals surface area contributed by atoms with E-state index >= 15 is 0 Å². The topological polar surface area (TPSA) is 54.4 Å². The van der Waals surface area contributed by atoms with Crippen molar-refractivity contribution in [1.29, 1.82) is 0 Å². The van der Waals surface area contributed by atoms with E-state index in [1.165, 1.54) is 6.92 Å². The second-order valence-electron chi connectivity index (χ2n) is 3.54. The fraction of sp³-hybridized carbons (Fsp3) is 0.273. The van der Waals surface area contributed by atoms with Crippen LogP contribution in [0.1, 0.15) is 33.2 Å². The van der Waals surface area contributed by atoms with Gasteiger partial charge in [-0.3, -0.25) is 4.79 Å². The normalized spacial score (nSPS) is 13.2. The maximum atomic E-state index is 12.4. The van der Waals surface area contributed by atoms with Crippen LogP contribution in [0.15, 0.2) is 18.2 Å². The maximum absolute atomic E-state index is 12.4. The standard InChI is InChI=1S/C11H8BrF3O3/c1-5(12)9(16)7-3-2-6(11(13,14)15)4-8(7)10(17)18/h2-5H,1H3,(H,17,18). The zero-order valence-corrected chi connectivity index (χ0v) is 10.7. The number of hydrogen-bond acceptors (Lipinski definition) is 2. The van der Waals surface area contributed by atoms with Crippen LogP contribution in [0.4, 0.5) is 13.2 Å². The Bertz CT molecular complexity index is 495. The zero-order chi connectivity index (χ0) is 14.1. The van der Waals surface area contributed by atoms with E-state index in [1.807, 2.05) is 0 Å². The molecule has 0 saturated carbocycles. The highest BCUT2D eigenvalue weighted by atomic mass is 79.9. The number of benzene rings is 1. The van der Waals surface area contributed by atoms with Crippen LogP contribution in [0.5, 0.6) is 0 Å². The Labute approximate surface area is 109 Å². The molecular formula is C11H8BrF3O3. The minimum atomic E-state index is -4.65. The third-order valence-electron chi connectivity index (χ3n) is 2.20. The van der Waals surface area contributed by atoms with Crippen molar-refractivity contribution >= 4 is 27.7 Å². The van der Waals surface area contributed by atoms with Crippen molar-refractivity contribution in [2.45, 2.75) is 17.9 Å². The Kier molecular flexibility index (Phi) is 4.16. The monoisotopic (exact) mass is 324 g/mol. The van der Waals surface area contributed by atoms with E-state index < -0.39 is 33.9 Å². The molecule has 0 heterocycles. The number of hydrogen-bond donors (Lipinski definition) is 1. The second kappa shape index (κ2) is 5.09. The number of carbonyl (C=O) groups excluding carboxylic acids is 1. The number of rotatable bonds is 3. The summed E-state index contributed by atoms with van der Waals surface area (Å²) in [4.78, 5) is 21.9. The van der Waals surface area contributed by atoms with Crippen LogP contribution in [-0.4, -0.2) is 21.7 Å². The van der Waals surface area contributed by atoms with E-state index in [4.69, 9.17) is 5.11 Å². The molecule has 1 atom stereocenters. The first-order valence-corrected chi connectivity index (χ1v) is 5.69. The van der Waals surface area contributed by atoms with E-state index in [1.54, 1.807) is 0 Å². The van der Waals surface area contributed by atoms with Crippen LogP contribution >= 0.6 is 15.9 Å². The first-order valence-electron chi connectivity index (χ1n) is 4.77. The highest BCUT2D eigenvalue weighted by Gasteiger charge is 2.32. The summed E-state index contributed by atoms with van der Waals surface area (Å²) in [7, 11) is 0. The van der Waals surface area contributed by atoms with Crippen LogP contribution in [0, 0.1) is 0 Å². The molecule has 3 nitrogen and oxygen atoms in total. The summed E-state index contributed by atoms with van der Waals surface area (Å²) >= 11 is 2.95. The summed E-state index contributed by atoms with van der Waals surface area (Å²) in [5, 5.41) is 8.85. The lowest BCUT2D eigenvalue weighted by atomic mass is 9.99. The lowest BCUT2D eigenvalue weighted by Gasteiger charge is -2.11. The van der Waals surface area contributed by atoms with Gasteiger partial charge in [-0.1, -0.05) is 15.9 Å². The van der Waals surface area contributed by atoms with Crippen molar-refractivity contribution in [3.63, 3.8) is 0 Å². The molecule has 1 N–H and O–H groups in total. The Morgan fingerprint density at radius 2 is 1.83 bits per heavy atom. The average molecular weight is 325 g/mol. The molecule has 0 aliphatic rings. The van der Waals surface area contributed by atoms with Crippen LogP contribution in [0.3, 0.4) is 0 Å². The van der Waals surface area contributed by atoms with Gasteiger partial charge in [-0.25, -0.2) is 4.79 Å². The summed E-state index contributed by atoms with van der Waals surface area (Å²) in [5.41, 5.74) is -2.00. The molecule has 1 rings (SSSR count). The van der Waals surface area contributed by atoms with Gasteiger partial charge in [0.2, 0.25) is 0 Å². The number of carbonyl (C=O) groups is 2. The number of carboxylic acid groups (broad SMARTS) is 1. The summed E-state index contributed by atoms with van der Waals surface area (Å²) in [6.45, 7) is 1.46. The molecule has 0 aromatic heterocycles. The highest BCUT2D eigenvalue weighted by molar-refractivity contribution is 9.10. The minimum absolute atomic E-state index is 0.250. The van der Waals surface area contributed by atoms with Crippen LogP contribution in [0.2, 0.25) is 0 Å². The van der Waals surface area contributed by atoms with E-state index in [0.717, 1.165) is 6.07 Å². The molecule has 1 aromatic rings. The van der Waals surface area contributed by atoms with Gasteiger partial charge in [-0.2, -0.15) is 13.2 Å². The lowest BCUT2D eigenvalue weighted by Crippen LogP contribution is -2.17. The second-order valence-corrected chi connectivity index (χ2v) is 4.92. The highest BCUT2D eigenvalue weighted by Crippen LogP contribution is 2.31. The maximum Gasteiger partial charge on any atom is 0.416 e.